The average molecular weight is 594 g/mol. The number of carbonyl (C=O) groups is 4. The third-order valence-electron chi connectivity index (χ3n) is 6.05. The first-order valence-corrected chi connectivity index (χ1v) is 17.0. The summed E-state index contributed by atoms with van der Waals surface area (Å²) in [4.78, 5) is 52.4. The van der Waals surface area contributed by atoms with Crippen molar-refractivity contribution >= 4 is 58.9 Å². The van der Waals surface area contributed by atoms with Gasteiger partial charge < -0.3 is 0 Å². The molecule has 0 unspecified atom stereocenters. The molecule has 2 saturated heterocycles. The molecule has 0 saturated carbocycles. The fourth-order valence-corrected chi connectivity index (χ4v) is 11.5. The summed E-state index contributed by atoms with van der Waals surface area (Å²) in [5.74, 6) is -2.48. The van der Waals surface area contributed by atoms with Crippen LogP contribution in [0.3, 0.4) is 0 Å². The van der Waals surface area contributed by atoms with E-state index in [1.165, 1.54) is 9.80 Å². The van der Waals surface area contributed by atoms with E-state index in [0.717, 1.165) is 8.92 Å². The molecule has 4 rings (SSSR count). The van der Waals surface area contributed by atoms with Crippen LogP contribution < -0.4 is 8.92 Å². The monoisotopic (exact) mass is 596 g/mol. The van der Waals surface area contributed by atoms with Crippen molar-refractivity contribution in [1.82, 2.24) is 9.80 Å². The van der Waals surface area contributed by atoms with E-state index in [1.807, 2.05) is 24.3 Å². The standard InChI is InChI=1S/C24H24N2O6Se2/c27-21(25-13-5-9-17(25)23(29)30)15-7-1-3-11-19(15)33-34-20-12-4-2-8-16(20)22(28)26-14-6-10-18(26)24(31)32/h1-4,7-8,11-12,17-18H,5-6,9-10,13-14H2,(H,29,30)(H,31,32)/t17-,18-/m0/s1. The molecule has 2 atom stereocenters. The molecule has 2 heterocycles. The Kier molecular flexibility index (Phi) is 7.73. The maximum atomic E-state index is 13.2. The van der Waals surface area contributed by atoms with Gasteiger partial charge in [-0.25, -0.2) is 0 Å². The number of carboxylic acid groups (broad SMARTS) is 2. The van der Waals surface area contributed by atoms with Crippen LogP contribution in [0.15, 0.2) is 48.5 Å². The van der Waals surface area contributed by atoms with E-state index in [-0.39, 0.29) is 38.1 Å². The zero-order valence-electron chi connectivity index (χ0n) is 18.3. The molecule has 2 N–H and O–H groups in total. The summed E-state index contributed by atoms with van der Waals surface area (Å²) in [6.07, 6.45) is 2.26. The predicted molar refractivity (Wildman–Crippen MR) is 127 cm³/mol. The second-order valence-electron chi connectivity index (χ2n) is 8.15. The van der Waals surface area contributed by atoms with E-state index in [2.05, 4.69) is 0 Å². The molecule has 2 aromatic rings. The normalized spacial score (nSPS) is 19.9. The molecule has 34 heavy (non-hydrogen) atoms. The molecule has 0 radical (unpaired) electrons. The summed E-state index contributed by atoms with van der Waals surface area (Å²) in [6, 6.07) is 13.0. The van der Waals surface area contributed by atoms with Crippen LogP contribution in [-0.4, -0.2) is 95.2 Å². The van der Waals surface area contributed by atoms with Crippen molar-refractivity contribution in [2.24, 2.45) is 0 Å². The van der Waals surface area contributed by atoms with Gasteiger partial charge in [0.05, 0.1) is 0 Å². The zero-order valence-corrected chi connectivity index (χ0v) is 21.7. The fourth-order valence-electron chi connectivity index (χ4n) is 4.36. The number of aliphatic carboxylic acids is 2. The Hall–Kier alpha value is -2.64. The van der Waals surface area contributed by atoms with Crippen molar-refractivity contribution in [2.45, 2.75) is 37.8 Å². The molecule has 0 aromatic heterocycles. The van der Waals surface area contributed by atoms with Crippen LogP contribution in [0.1, 0.15) is 46.4 Å². The van der Waals surface area contributed by atoms with Crippen molar-refractivity contribution in [1.29, 1.82) is 0 Å². The Labute approximate surface area is 208 Å². The van der Waals surface area contributed by atoms with Gasteiger partial charge in [0, 0.05) is 0 Å². The van der Waals surface area contributed by atoms with Crippen molar-refractivity contribution < 1.29 is 29.4 Å². The van der Waals surface area contributed by atoms with E-state index < -0.39 is 24.0 Å². The summed E-state index contributed by atoms with van der Waals surface area (Å²) >= 11 is -0.267. The van der Waals surface area contributed by atoms with Gasteiger partial charge in [-0.3, -0.25) is 0 Å². The number of nitrogens with zero attached hydrogens (tertiary/aromatic N) is 2. The number of hydrogen-bond acceptors (Lipinski definition) is 4. The first-order chi connectivity index (χ1) is 16.4. The number of benzene rings is 2. The Balaban J connectivity index is 1.54. The van der Waals surface area contributed by atoms with Crippen molar-refractivity contribution in [3.8, 4) is 0 Å². The number of carboxylic acids is 2. The Bertz CT molecular complexity index is 1040. The van der Waals surface area contributed by atoms with Crippen LogP contribution in [0.2, 0.25) is 0 Å². The van der Waals surface area contributed by atoms with Gasteiger partial charge in [-0.05, 0) is 0 Å². The third kappa shape index (κ3) is 5.05. The van der Waals surface area contributed by atoms with Crippen LogP contribution in [-0.2, 0) is 9.59 Å². The third-order valence-corrected chi connectivity index (χ3v) is 13.3. The first-order valence-electron chi connectivity index (χ1n) is 11.0. The van der Waals surface area contributed by atoms with Gasteiger partial charge in [-0.15, -0.1) is 0 Å². The minimum absolute atomic E-state index is 0.134. The Morgan fingerprint density at radius 2 is 1.06 bits per heavy atom. The summed E-state index contributed by atoms with van der Waals surface area (Å²) in [6.45, 7) is 0.861. The molecule has 2 fully saturated rings. The van der Waals surface area contributed by atoms with Gasteiger partial charge in [0.1, 0.15) is 0 Å². The Morgan fingerprint density at radius 1 is 0.676 bits per heavy atom. The summed E-state index contributed by atoms with van der Waals surface area (Å²) < 4.78 is 1.76. The molecule has 10 heteroatoms. The SMILES string of the molecule is O=C(O)[C@@H]1CCCN1C(=O)c1ccccc1[Se][Se]c1ccccc1C(=O)N1CCC[C@H]1C(=O)O. The fraction of sp³-hybridized carbons (Fsp3) is 0.333. The number of carbonyl (C=O) groups excluding carboxylic acids is 2. The van der Waals surface area contributed by atoms with E-state index in [4.69, 9.17) is 0 Å². The van der Waals surface area contributed by atoms with E-state index in [0.29, 0.717) is 49.9 Å². The van der Waals surface area contributed by atoms with Gasteiger partial charge in [-0.1, -0.05) is 0 Å². The van der Waals surface area contributed by atoms with Crippen LogP contribution >= 0.6 is 0 Å². The van der Waals surface area contributed by atoms with E-state index in [1.54, 1.807) is 24.3 Å². The number of rotatable bonds is 7. The number of likely N-dealkylation sites (tertiary alicyclic amines) is 2. The second-order valence-corrected chi connectivity index (χ2v) is 14.3. The molecular formula is C24H24N2O6Se2. The molecule has 0 spiro atoms. The van der Waals surface area contributed by atoms with E-state index in [9.17, 15) is 29.4 Å². The van der Waals surface area contributed by atoms with Crippen molar-refractivity contribution in [3.05, 3.63) is 59.7 Å². The molecule has 2 aromatic carbocycles. The van der Waals surface area contributed by atoms with Gasteiger partial charge >= 0.3 is 209 Å². The van der Waals surface area contributed by atoms with Crippen molar-refractivity contribution in [2.75, 3.05) is 13.1 Å². The molecule has 178 valence electrons. The summed E-state index contributed by atoms with van der Waals surface area (Å²) in [5.41, 5.74) is 1.04. The molecule has 0 bridgehead atoms. The minimum atomic E-state index is -0.980. The summed E-state index contributed by atoms with van der Waals surface area (Å²) in [5, 5.41) is 18.9. The molecule has 2 aliphatic rings. The van der Waals surface area contributed by atoms with Crippen LogP contribution in [0.4, 0.5) is 0 Å². The van der Waals surface area contributed by atoms with Gasteiger partial charge in [0.25, 0.3) is 0 Å². The zero-order chi connectivity index (χ0) is 24.2. The Morgan fingerprint density at radius 3 is 1.44 bits per heavy atom. The topological polar surface area (TPSA) is 115 Å². The molecule has 0 aliphatic carbocycles. The van der Waals surface area contributed by atoms with Gasteiger partial charge in [0.15, 0.2) is 0 Å². The van der Waals surface area contributed by atoms with Gasteiger partial charge in [-0.2, -0.15) is 0 Å². The van der Waals surface area contributed by atoms with Crippen LogP contribution in [0, 0.1) is 0 Å². The summed E-state index contributed by atoms with van der Waals surface area (Å²) in [7, 11) is 0. The number of hydrogen-bond donors (Lipinski definition) is 2. The predicted octanol–water partition coefficient (Wildman–Crippen LogP) is 0.339. The molecular weight excluding hydrogens is 570 g/mol. The first kappa shape index (κ1) is 24.5. The second kappa shape index (κ2) is 10.7. The molecule has 2 aliphatic heterocycles. The molecule has 2 amide bonds. The average Bonchev–Trinajstić information content (AvgIpc) is 3.52. The quantitative estimate of drug-likeness (QED) is 0.447. The van der Waals surface area contributed by atoms with Crippen LogP contribution in [0.5, 0.6) is 0 Å². The van der Waals surface area contributed by atoms with Crippen molar-refractivity contribution in [3.63, 3.8) is 0 Å². The van der Waals surface area contributed by atoms with E-state index >= 15 is 0 Å². The van der Waals surface area contributed by atoms with Crippen LogP contribution in [0.25, 0.3) is 0 Å². The molecule has 8 nitrogen and oxygen atoms in total. The number of amides is 2. The maximum absolute atomic E-state index is 13.2. The van der Waals surface area contributed by atoms with Gasteiger partial charge in [0.2, 0.25) is 0 Å².